The number of carbonyl (C=O) groups excluding carboxylic acids is 1. The number of nitrogens with zero attached hydrogens (tertiary/aromatic N) is 3. The number of hydrogen-bond acceptors (Lipinski definition) is 6. The fourth-order valence-electron chi connectivity index (χ4n) is 2.09. The van der Waals surface area contributed by atoms with Gasteiger partial charge >= 0.3 is 0 Å². The highest BCUT2D eigenvalue weighted by Gasteiger charge is 2.33. The predicted molar refractivity (Wildman–Crippen MR) is 70.0 cm³/mol. The molecule has 0 unspecified atom stereocenters. The molecule has 3 heterocycles. The van der Waals surface area contributed by atoms with E-state index < -0.39 is 0 Å². The molecule has 0 aliphatic carbocycles. The van der Waals surface area contributed by atoms with Crippen LogP contribution in [0.3, 0.4) is 0 Å². The van der Waals surface area contributed by atoms with Crippen molar-refractivity contribution in [1.29, 1.82) is 0 Å². The molecular weight excluding hydrogens is 330 g/mol. The van der Waals surface area contributed by atoms with Gasteiger partial charge in [-0.05, 0) is 15.9 Å². The molecule has 0 radical (unpaired) electrons. The van der Waals surface area contributed by atoms with Crippen LogP contribution in [-0.4, -0.2) is 40.8 Å². The maximum Gasteiger partial charge on any atom is 0.257 e. The SMILES string of the molecule is Cc1nnc([C@@H]2COCCN2C(=O)c2coc(Br)c2)o1. The molecule has 0 aromatic carbocycles. The monoisotopic (exact) mass is 341 g/mol. The first-order valence-corrected chi connectivity index (χ1v) is 6.87. The molecule has 1 aliphatic rings. The standard InChI is InChI=1S/C12H12BrN3O4/c1-7-14-15-11(20-7)9-6-18-3-2-16(9)12(17)8-4-10(13)19-5-8/h4-5,9H,2-3,6H2,1H3/t9-/m0/s1. The van der Waals surface area contributed by atoms with Crippen molar-refractivity contribution in [2.75, 3.05) is 19.8 Å². The van der Waals surface area contributed by atoms with Crippen LogP contribution in [0.5, 0.6) is 0 Å². The summed E-state index contributed by atoms with van der Waals surface area (Å²) >= 11 is 3.18. The van der Waals surface area contributed by atoms with Gasteiger partial charge in [0, 0.05) is 19.5 Å². The molecule has 1 fully saturated rings. The zero-order valence-corrected chi connectivity index (χ0v) is 12.3. The molecule has 3 rings (SSSR count). The molecule has 1 amide bonds. The smallest absolute Gasteiger partial charge is 0.257 e. The molecule has 0 saturated carbocycles. The Bertz CT molecular complexity index is 624. The zero-order chi connectivity index (χ0) is 14.1. The summed E-state index contributed by atoms with van der Waals surface area (Å²) in [6, 6.07) is 1.26. The number of amides is 1. The zero-order valence-electron chi connectivity index (χ0n) is 10.7. The molecule has 106 valence electrons. The van der Waals surface area contributed by atoms with Crippen LogP contribution in [-0.2, 0) is 4.74 Å². The van der Waals surface area contributed by atoms with E-state index in [4.69, 9.17) is 13.6 Å². The van der Waals surface area contributed by atoms with Crippen LogP contribution in [0.25, 0.3) is 0 Å². The highest BCUT2D eigenvalue weighted by atomic mass is 79.9. The van der Waals surface area contributed by atoms with Crippen molar-refractivity contribution in [2.45, 2.75) is 13.0 Å². The summed E-state index contributed by atoms with van der Waals surface area (Å²) in [7, 11) is 0. The van der Waals surface area contributed by atoms with Crippen LogP contribution < -0.4 is 0 Å². The molecule has 20 heavy (non-hydrogen) atoms. The third-order valence-electron chi connectivity index (χ3n) is 3.03. The van der Waals surface area contributed by atoms with Crippen molar-refractivity contribution in [1.82, 2.24) is 15.1 Å². The summed E-state index contributed by atoms with van der Waals surface area (Å²) in [5.41, 5.74) is 0.472. The summed E-state index contributed by atoms with van der Waals surface area (Å²) < 4.78 is 16.4. The number of halogens is 1. The van der Waals surface area contributed by atoms with E-state index in [0.717, 1.165) is 0 Å². The normalized spacial score (nSPS) is 19.3. The third-order valence-corrected chi connectivity index (χ3v) is 3.45. The van der Waals surface area contributed by atoms with Crippen molar-refractivity contribution < 1.29 is 18.4 Å². The molecule has 0 N–H and O–H groups in total. The lowest BCUT2D eigenvalue weighted by molar-refractivity contribution is -0.0106. The molecule has 1 saturated heterocycles. The molecule has 1 aliphatic heterocycles. The molecule has 0 spiro atoms. The van der Waals surface area contributed by atoms with Crippen LogP contribution in [0, 0.1) is 6.92 Å². The van der Waals surface area contributed by atoms with Gasteiger partial charge in [0.05, 0.1) is 18.8 Å². The van der Waals surface area contributed by atoms with E-state index in [0.29, 0.717) is 41.8 Å². The molecule has 2 aromatic heterocycles. The van der Waals surface area contributed by atoms with Crippen molar-refractivity contribution in [2.24, 2.45) is 0 Å². The summed E-state index contributed by atoms with van der Waals surface area (Å²) in [4.78, 5) is 14.2. The summed E-state index contributed by atoms with van der Waals surface area (Å²) in [5, 5.41) is 7.77. The minimum atomic E-state index is -0.369. The number of aromatic nitrogens is 2. The van der Waals surface area contributed by atoms with E-state index in [1.165, 1.54) is 6.26 Å². The predicted octanol–water partition coefficient (Wildman–Crippen LogP) is 1.95. The topological polar surface area (TPSA) is 81.6 Å². The minimum absolute atomic E-state index is 0.149. The average molecular weight is 342 g/mol. The van der Waals surface area contributed by atoms with Gasteiger partial charge in [-0.3, -0.25) is 4.79 Å². The second kappa shape index (κ2) is 5.37. The largest absolute Gasteiger partial charge is 0.457 e. The fourth-order valence-corrected chi connectivity index (χ4v) is 2.43. The number of ether oxygens (including phenoxy) is 1. The number of aryl methyl sites for hydroxylation is 1. The number of furan rings is 1. The van der Waals surface area contributed by atoms with Crippen LogP contribution in [0.4, 0.5) is 0 Å². The highest BCUT2D eigenvalue weighted by Crippen LogP contribution is 2.26. The van der Waals surface area contributed by atoms with Gasteiger partial charge in [-0.25, -0.2) is 0 Å². The Labute approximate surface area is 123 Å². The van der Waals surface area contributed by atoms with Gasteiger partial charge in [-0.15, -0.1) is 10.2 Å². The van der Waals surface area contributed by atoms with Gasteiger partial charge in [0.1, 0.15) is 12.3 Å². The number of morpholine rings is 1. The van der Waals surface area contributed by atoms with E-state index in [2.05, 4.69) is 26.1 Å². The number of rotatable bonds is 2. The van der Waals surface area contributed by atoms with E-state index in [1.54, 1.807) is 17.9 Å². The third kappa shape index (κ3) is 2.48. The van der Waals surface area contributed by atoms with Crippen molar-refractivity contribution in [3.05, 3.63) is 34.3 Å². The highest BCUT2D eigenvalue weighted by molar-refractivity contribution is 9.10. The van der Waals surface area contributed by atoms with Crippen LogP contribution in [0.2, 0.25) is 0 Å². The van der Waals surface area contributed by atoms with Crippen LogP contribution >= 0.6 is 15.9 Å². The first-order chi connectivity index (χ1) is 9.65. The van der Waals surface area contributed by atoms with Gasteiger partial charge in [0.15, 0.2) is 4.67 Å². The molecule has 0 bridgehead atoms. The van der Waals surface area contributed by atoms with E-state index in [-0.39, 0.29) is 11.9 Å². The maximum absolute atomic E-state index is 12.5. The lowest BCUT2D eigenvalue weighted by atomic mass is 10.2. The number of carbonyl (C=O) groups is 1. The Balaban J connectivity index is 1.87. The van der Waals surface area contributed by atoms with Gasteiger partial charge in [-0.1, -0.05) is 0 Å². The molecule has 8 heteroatoms. The molecule has 7 nitrogen and oxygen atoms in total. The minimum Gasteiger partial charge on any atom is -0.457 e. The van der Waals surface area contributed by atoms with Gasteiger partial charge in [0.2, 0.25) is 11.8 Å². The van der Waals surface area contributed by atoms with Crippen molar-refractivity contribution in [3.8, 4) is 0 Å². The summed E-state index contributed by atoms with van der Waals surface area (Å²) in [5.74, 6) is 0.700. The van der Waals surface area contributed by atoms with Crippen molar-refractivity contribution >= 4 is 21.8 Å². The maximum atomic E-state index is 12.5. The van der Waals surface area contributed by atoms with Crippen molar-refractivity contribution in [3.63, 3.8) is 0 Å². The Morgan fingerprint density at radius 2 is 2.35 bits per heavy atom. The van der Waals surface area contributed by atoms with Crippen LogP contribution in [0.1, 0.15) is 28.2 Å². The van der Waals surface area contributed by atoms with E-state index >= 15 is 0 Å². The number of hydrogen-bond donors (Lipinski definition) is 0. The molecule has 2 aromatic rings. The lowest BCUT2D eigenvalue weighted by Gasteiger charge is -2.33. The van der Waals surface area contributed by atoms with Gasteiger partial charge < -0.3 is 18.5 Å². The van der Waals surface area contributed by atoms with E-state index in [1.807, 2.05) is 0 Å². The summed E-state index contributed by atoms with van der Waals surface area (Å²) in [6.45, 7) is 2.99. The average Bonchev–Trinajstić information content (AvgIpc) is 3.07. The Morgan fingerprint density at radius 1 is 1.50 bits per heavy atom. The quantitative estimate of drug-likeness (QED) is 0.830. The Hall–Kier alpha value is -1.67. The first kappa shape index (κ1) is 13.3. The fraction of sp³-hybridized carbons (Fsp3) is 0.417. The second-order valence-electron chi connectivity index (χ2n) is 4.39. The van der Waals surface area contributed by atoms with Crippen LogP contribution in [0.15, 0.2) is 25.8 Å². The Kier molecular flexibility index (Phi) is 3.58. The second-order valence-corrected chi connectivity index (χ2v) is 5.17. The Morgan fingerprint density at radius 3 is 3.00 bits per heavy atom. The first-order valence-electron chi connectivity index (χ1n) is 6.08. The molecular formula is C12H12BrN3O4. The molecule has 1 atom stereocenters. The lowest BCUT2D eigenvalue weighted by Crippen LogP contribution is -2.43. The summed E-state index contributed by atoms with van der Waals surface area (Å²) in [6.07, 6.45) is 1.41. The van der Waals surface area contributed by atoms with Gasteiger partial charge in [0.25, 0.3) is 5.91 Å². The van der Waals surface area contributed by atoms with Gasteiger partial charge in [-0.2, -0.15) is 0 Å². The van der Waals surface area contributed by atoms with E-state index in [9.17, 15) is 4.79 Å².